The lowest BCUT2D eigenvalue weighted by Gasteiger charge is -2.14. The van der Waals surface area contributed by atoms with Gasteiger partial charge in [0.25, 0.3) is 0 Å². The quantitative estimate of drug-likeness (QED) is 0.245. The second-order valence-electron chi connectivity index (χ2n) is 9.67. The molecule has 8 rings (SSSR count). The molecule has 38 heavy (non-hydrogen) atoms. The Hall–Kier alpha value is -5.15. The van der Waals surface area contributed by atoms with E-state index < -0.39 is 0 Å². The molecule has 0 aliphatic heterocycles. The Bertz CT molecular complexity index is 2120. The average Bonchev–Trinajstić information content (AvgIpc) is 3.57. The lowest BCUT2D eigenvalue weighted by molar-refractivity contribution is 1.10. The third-order valence-electron chi connectivity index (χ3n) is 7.61. The third-order valence-corrected chi connectivity index (χ3v) is 7.61. The van der Waals surface area contributed by atoms with E-state index in [9.17, 15) is 0 Å². The number of fused-ring (bicyclic) bond motifs is 6. The van der Waals surface area contributed by atoms with Gasteiger partial charge in [0, 0.05) is 45.2 Å². The first-order valence-electron chi connectivity index (χ1n) is 12.9. The van der Waals surface area contributed by atoms with Gasteiger partial charge in [-0.2, -0.15) is 0 Å². The molecule has 0 aliphatic rings. The Balaban J connectivity index is 1.46. The Morgan fingerprint density at radius 1 is 0.474 bits per heavy atom. The number of para-hydroxylation sites is 2. The van der Waals surface area contributed by atoms with Crippen molar-refractivity contribution in [3.05, 3.63) is 140 Å². The molecule has 0 radical (unpaired) electrons. The van der Waals surface area contributed by atoms with Crippen LogP contribution in [0.15, 0.2) is 140 Å². The van der Waals surface area contributed by atoms with Gasteiger partial charge in [0.2, 0.25) is 0 Å². The van der Waals surface area contributed by atoms with Crippen LogP contribution in [0.3, 0.4) is 0 Å². The number of nitrogens with zero attached hydrogens (tertiary/aromatic N) is 3. The van der Waals surface area contributed by atoms with Crippen LogP contribution in [0.1, 0.15) is 0 Å². The van der Waals surface area contributed by atoms with Crippen molar-refractivity contribution >= 4 is 43.5 Å². The first kappa shape index (κ1) is 21.0. The molecule has 0 amide bonds. The standard InChI is InChI=1S/C35H23N3/c1-3-11-24(12-4-1)30-23-36-35(27-16-8-7-15-26(27)30)38-32-18-10-9-17-28(32)34-29-21-22-37(25-13-5-2-6-14-25)31(29)19-20-33(34)38/h1-23H. The molecule has 178 valence electrons. The number of rotatable bonds is 3. The Kier molecular flexibility index (Phi) is 4.52. The van der Waals surface area contributed by atoms with Crippen molar-refractivity contribution < 1.29 is 0 Å². The van der Waals surface area contributed by atoms with Crippen LogP contribution in [0.2, 0.25) is 0 Å². The van der Waals surface area contributed by atoms with E-state index in [0.29, 0.717) is 0 Å². The van der Waals surface area contributed by atoms with E-state index >= 15 is 0 Å². The Morgan fingerprint density at radius 2 is 1.11 bits per heavy atom. The molecular formula is C35H23N3. The number of hydrogen-bond donors (Lipinski definition) is 0. The normalized spacial score (nSPS) is 11.7. The fraction of sp³-hybridized carbons (Fsp3) is 0. The first-order valence-corrected chi connectivity index (χ1v) is 12.9. The van der Waals surface area contributed by atoms with Gasteiger partial charge in [-0.25, -0.2) is 4.98 Å². The molecule has 0 saturated carbocycles. The van der Waals surface area contributed by atoms with E-state index in [0.717, 1.165) is 33.5 Å². The van der Waals surface area contributed by atoms with Gasteiger partial charge in [-0.1, -0.05) is 91.0 Å². The molecule has 0 fully saturated rings. The van der Waals surface area contributed by atoms with Crippen LogP contribution in [0.5, 0.6) is 0 Å². The van der Waals surface area contributed by atoms with E-state index in [2.05, 4.69) is 143 Å². The second-order valence-corrected chi connectivity index (χ2v) is 9.67. The minimum atomic E-state index is 0.952. The highest BCUT2D eigenvalue weighted by Gasteiger charge is 2.19. The van der Waals surface area contributed by atoms with Crippen LogP contribution in [0.25, 0.3) is 66.1 Å². The highest BCUT2D eigenvalue weighted by molar-refractivity contribution is 6.21. The molecular weight excluding hydrogens is 462 g/mol. The summed E-state index contributed by atoms with van der Waals surface area (Å²) in [5.74, 6) is 0.952. The maximum absolute atomic E-state index is 5.12. The van der Waals surface area contributed by atoms with Gasteiger partial charge in [-0.3, -0.25) is 4.57 Å². The van der Waals surface area contributed by atoms with Gasteiger partial charge in [0.05, 0.1) is 16.6 Å². The fourth-order valence-electron chi connectivity index (χ4n) is 5.93. The van der Waals surface area contributed by atoms with Crippen molar-refractivity contribution in [2.45, 2.75) is 0 Å². The monoisotopic (exact) mass is 485 g/mol. The van der Waals surface area contributed by atoms with Crippen LogP contribution in [-0.4, -0.2) is 14.1 Å². The van der Waals surface area contributed by atoms with Crippen LogP contribution < -0.4 is 0 Å². The average molecular weight is 486 g/mol. The third kappa shape index (κ3) is 2.99. The molecule has 0 bridgehead atoms. The fourth-order valence-corrected chi connectivity index (χ4v) is 5.93. The van der Waals surface area contributed by atoms with Crippen LogP contribution in [0, 0.1) is 0 Å². The first-order chi connectivity index (χ1) is 18.9. The van der Waals surface area contributed by atoms with Crippen molar-refractivity contribution in [2.75, 3.05) is 0 Å². The topological polar surface area (TPSA) is 22.8 Å². The van der Waals surface area contributed by atoms with Crippen LogP contribution >= 0.6 is 0 Å². The summed E-state index contributed by atoms with van der Waals surface area (Å²) < 4.78 is 4.60. The Morgan fingerprint density at radius 3 is 1.92 bits per heavy atom. The van der Waals surface area contributed by atoms with Gasteiger partial charge >= 0.3 is 0 Å². The minimum absolute atomic E-state index is 0.952. The molecule has 3 aromatic heterocycles. The Labute approximate surface area is 219 Å². The number of aromatic nitrogens is 3. The highest BCUT2D eigenvalue weighted by atomic mass is 15.1. The molecule has 0 atom stereocenters. The molecule has 0 saturated heterocycles. The maximum atomic E-state index is 5.12. The molecule has 5 aromatic carbocycles. The molecule has 8 aromatic rings. The van der Waals surface area contributed by atoms with Gasteiger partial charge < -0.3 is 4.57 Å². The minimum Gasteiger partial charge on any atom is -0.317 e. The number of hydrogen-bond acceptors (Lipinski definition) is 1. The summed E-state index contributed by atoms with van der Waals surface area (Å²) in [6, 6.07) is 45.1. The summed E-state index contributed by atoms with van der Waals surface area (Å²) >= 11 is 0. The predicted octanol–water partition coefficient (Wildman–Crippen LogP) is 8.94. The van der Waals surface area contributed by atoms with Crippen LogP contribution in [0.4, 0.5) is 0 Å². The molecule has 3 heterocycles. The molecule has 0 aliphatic carbocycles. The van der Waals surface area contributed by atoms with Crippen molar-refractivity contribution in [3.8, 4) is 22.6 Å². The molecule has 0 N–H and O–H groups in total. The SMILES string of the molecule is c1ccc(-c2cnc(-n3c4ccccc4c4c5ccn(-c6ccccc6)c5ccc43)c3ccccc23)cc1. The summed E-state index contributed by atoms with van der Waals surface area (Å²) in [4.78, 5) is 5.12. The smallest absolute Gasteiger partial charge is 0.145 e. The van der Waals surface area contributed by atoms with E-state index in [1.54, 1.807) is 0 Å². The van der Waals surface area contributed by atoms with Gasteiger partial charge in [0.1, 0.15) is 5.82 Å². The highest BCUT2D eigenvalue weighted by Crippen LogP contribution is 2.39. The molecule has 0 unspecified atom stereocenters. The van der Waals surface area contributed by atoms with Gasteiger partial charge in [0.15, 0.2) is 0 Å². The van der Waals surface area contributed by atoms with Crippen LogP contribution in [-0.2, 0) is 0 Å². The summed E-state index contributed by atoms with van der Waals surface area (Å²) in [6.07, 6.45) is 4.20. The zero-order valence-electron chi connectivity index (χ0n) is 20.6. The number of pyridine rings is 1. The molecule has 0 spiro atoms. The molecule has 3 heteroatoms. The predicted molar refractivity (Wildman–Crippen MR) is 158 cm³/mol. The zero-order chi connectivity index (χ0) is 25.1. The van der Waals surface area contributed by atoms with E-state index in [1.807, 2.05) is 6.20 Å². The van der Waals surface area contributed by atoms with Gasteiger partial charge in [-0.15, -0.1) is 0 Å². The summed E-state index contributed by atoms with van der Waals surface area (Å²) in [6.45, 7) is 0. The largest absolute Gasteiger partial charge is 0.317 e. The lowest BCUT2D eigenvalue weighted by atomic mass is 10.0. The summed E-state index contributed by atoms with van der Waals surface area (Å²) in [5, 5.41) is 6.07. The summed E-state index contributed by atoms with van der Waals surface area (Å²) in [7, 11) is 0. The van der Waals surface area contributed by atoms with Crippen molar-refractivity contribution in [2.24, 2.45) is 0 Å². The van der Waals surface area contributed by atoms with Crippen molar-refractivity contribution in [1.82, 2.24) is 14.1 Å². The second kappa shape index (κ2) is 8.19. The van der Waals surface area contributed by atoms with Gasteiger partial charge in [-0.05, 0) is 47.3 Å². The lowest BCUT2D eigenvalue weighted by Crippen LogP contribution is -1.99. The maximum Gasteiger partial charge on any atom is 0.145 e. The summed E-state index contributed by atoms with van der Waals surface area (Å²) in [5.41, 5.74) is 7.00. The van der Waals surface area contributed by atoms with E-state index in [-0.39, 0.29) is 0 Å². The van der Waals surface area contributed by atoms with E-state index in [1.165, 1.54) is 32.6 Å². The molecule has 3 nitrogen and oxygen atoms in total. The van der Waals surface area contributed by atoms with Crippen molar-refractivity contribution in [3.63, 3.8) is 0 Å². The number of benzene rings is 5. The van der Waals surface area contributed by atoms with E-state index in [4.69, 9.17) is 4.98 Å². The zero-order valence-corrected chi connectivity index (χ0v) is 20.6. The van der Waals surface area contributed by atoms with Crippen molar-refractivity contribution in [1.29, 1.82) is 0 Å².